The minimum absolute atomic E-state index is 0.159. The first-order chi connectivity index (χ1) is 8.56. The highest BCUT2D eigenvalue weighted by Gasteiger charge is 2.23. The lowest BCUT2D eigenvalue weighted by Crippen LogP contribution is -2.48. The average Bonchev–Trinajstić information content (AvgIpc) is 2.75. The predicted octanol–water partition coefficient (Wildman–Crippen LogP) is 2.27. The summed E-state index contributed by atoms with van der Waals surface area (Å²) in [5.74, 6) is -0.737. The molecule has 1 aromatic rings. The Morgan fingerprint density at radius 1 is 1.50 bits per heavy atom. The first kappa shape index (κ1) is 14.0. The summed E-state index contributed by atoms with van der Waals surface area (Å²) in [6, 6.07) is 2.58. The van der Waals surface area contributed by atoms with Crippen LogP contribution in [0, 0.1) is 0 Å². The van der Waals surface area contributed by atoms with Gasteiger partial charge in [-0.25, -0.2) is 0 Å². The minimum atomic E-state index is -0.737. The van der Waals surface area contributed by atoms with Crippen molar-refractivity contribution in [3.63, 3.8) is 0 Å². The summed E-state index contributed by atoms with van der Waals surface area (Å²) in [4.78, 5) is 16.4. The van der Waals surface area contributed by atoms with E-state index in [4.69, 9.17) is 5.11 Å². The molecule has 0 amide bonds. The Labute approximate surface area is 119 Å². The summed E-state index contributed by atoms with van der Waals surface area (Å²) in [6.45, 7) is 5.91. The second-order valence-corrected chi connectivity index (χ2v) is 6.41. The van der Waals surface area contributed by atoms with Crippen molar-refractivity contribution in [2.45, 2.75) is 13.0 Å². The molecule has 0 saturated carbocycles. The van der Waals surface area contributed by atoms with E-state index < -0.39 is 5.97 Å². The van der Waals surface area contributed by atoms with Crippen LogP contribution in [0.15, 0.2) is 15.9 Å². The number of carboxylic acid groups (broad SMARTS) is 1. The molecule has 0 spiro atoms. The van der Waals surface area contributed by atoms with Crippen LogP contribution in [0.5, 0.6) is 0 Å². The van der Waals surface area contributed by atoms with Crippen LogP contribution in [0.2, 0.25) is 0 Å². The van der Waals surface area contributed by atoms with Crippen molar-refractivity contribution >= 4 is 33.2 Å². The van der Waals surface area contributed by atoms with Crippen LogP contribution in [0.4, 0.5) is 0 Å². The third kappa shape index (κ3) is 3.54. The van der Waals surface area contributed by atoms with E-state index >= 15 is 0 Å². The third-order valence-corrected chi connectivity index (χ3v) is 5.18. The summed E-state index contributed by atoms with van der Waals surface area (Å²) in [5.41, 5.74) is 0. The van der Waals surface area contributed by atoms with Gasteiger partial charge in [0.1, 0.15) is 0 Å². The van der Waals surface area contributed by atoms with Crippen LogP contribution in [-0.4, -0.2) is 53.6 Å². The van der Waals surface area contributed by atoms with Crippen molar-refractivity contribution in [2.75, 3.05) is 32.7 Å². The lowest BCUT2D eigenvalue weighted by atomic mass is 10.2. The fourth-order valence-electron chi connectivity index (χ4n) is 2.23. The monoisotopic (exact) mass is 332 g/mol. The maximum Gasteiger partial charge on any atom is 0.317 e. The number of nitrogens with zero attached hydrogens (tertiary/aromatic N) is 2. The number of carbonyl (C=O) groups is 1. The fourth-order valence-corrected chi connectivity index (χ4v) is 3.76. The largest absolute Gasteiger partial charge is 0.480 e. The molecule has 18 heavy (non-hydrogen) atoms. The lowest BCUT2D eigenvalue weighted by molar-refractivity contribution is -0.138. The van der Waals surface area contributed by atoms with Gasteiger partial charge in [0.15, 0.2) is 0 Å². The number of carboxylic acids is 1. The number of rotatable bonds is 4. The second kappa shape index (κ2) is 6.14. The SMILES string of the molecule is CC(c1cc(Br)cs1)N1CCN(CC(=O)O)CC1. The predicted molar refractivity (Wildman–Crippen MR) is 76.1 cm³/mol. The first-order valence-electron chi connectivity index (χ1n) is 5.98. The quantitative estimate of drug-likeness (QED) is 0.918. The Bertz CT molecular complexity index is 416. The number of piperazine rings is 1. The molecule has 0 bridgehead atoms. The number of hydrogen-bond acceptors (Lipinski definition) is 4. The zero-order valence-corrected chi connectivity index (χ0v) is 12.7. The Kier molecular flexibility index (Phi) is 4.77. The molecule has 1 atom stereocenters. The molecule has 2 rings (SSSR count). The van der Waals surface area contributed by atoms with Crippen molar-refractivity contribution in [1.82, 2.24) is 9.80 Å². The molecule has 2 heterocycles. The van der Waals surface area contributed by atoms with Crippen molar-refractivity contribution in [3.8, 4) is 0 Å². The van der Waals surface area contributed by atoms with E-state index in [1.54, 1.807) is 11.3 Å². The van der Waals surface area contributed by atoms with E-state index in [-0.39, 0.29) is 6.54 Å². The van der Waals surface area contributed by atoms with Gasteiger partial charge in [0, 0.05) is 47.0 Å². The van der Waals surface area contributed by atoms with Crippen LogP contribution >= 0.6 is 27.3 Å². The van der Waals surface area contributed by atoms with Crippen LogP contribution < -0.4 is 0 Å². The summed E-state index contributed by atoms with van der Waals surface area (Å²) in [6.07, 6.45) is 0. The first-order valence-corrected chi connectivity index (χ1v) is 7.65. The summed E-state index contributed by atoms with van der Waals surface area (Å²) in [7, 11) is 0. The molecular formula is C12H17BrN2O2S. The molecular weight excluding hydrogens is 316 g/mol. The van der Waals surface area contributed by atoms with E-state index in [0.29, 0.717) is 6.04 Å². The Hall–Kier alpha value is -0.430. The molecule has 0 aliphatic carbocycles. The van der Waals surface area contributed by atoms with E-state index in [9.17, 15) is 4.79 Å². The van der Waals surface area contributed by atoms with E-state index in [1.165, 1.54) is 4.88 Å². The van der Waals surface area contributed by atoms with Crippen molar-refractivity contribution in [1.29, 1.82) is 0 Å². The molecule has 4 nitrogen and oxygen atoms in total. The molecule has 1 aromatic heterocycles. The van der Waals surface area contributed by atoms with Gasteiger partial charge in [-0.3, -0.25) is 14.6 Å². The number of hydrogen-bond donors (Lipinski definition) is 1. The standard InChI is InChI=1S/C12H17BrN2O2S/c1-9(11-6-10(13)8-18-11)15-4-2-14(3-5-15)7-12(16)17/h6,8-9H,2-5,7H2,1H3,(H,16,17). The molecule has 1 N–H and O–H groups in total. The topological polar surface area (TPSA) is 43.8 Å². The van der Waals surface area contributed by atoms with Gasteiger partial charge in [-0.1, -0.05) is 0 Å². The van der Waals surface area contributed by atoms with E-state index in [2.05, 4.69) is 39.2 Å². The Morgan fingerprint density at radius 2 is 2.17 bits per heavy atom. The molecule has 6 heteroatoms. The molecule has 1 aliphatic heterocycles. The maximum absolute atomic E-state index is 10.6. The highest BCUT2D eigenvalue weighted by molar-refractivity contribution is 9.10. The highest BCUT2D eigenvalue weighted by Crippen LogP contribution is 2.29. The van der Waals surface area contributed by atoms with Gasteiger partial charge in [-0.2, -0.15) is 0 Å². The second-order valence-electron chi connectivity index (χ2n) is 4.55. The van der Waals surface area contributed by atoms with Gasteiger partial charge in [0.2, 0.25) is 0 Å². The molecule has 100 valence electrons. The summed E-state index contributed by atoms with van der Waals surface area (Å²) >= 11 is 5.25. The van der Waals surface area contributed by atoms with Crippen LogP contribution in [-0.2, 0) is 4.79 Å². The van der Waals surface area contributed by atoms with Crippen molar-refractivity contribution in [2.24, 2.45) is 0 Å². The average molecular weight is 333 g/mol. The molecule has 1 saturated heterocycles. The van der Waals surface area contributed by atoms with Gasteiger partial charge < -0.3 is 5.11 Å². The van der Waals surface area contributed by atoms with E-state index in [0.717, 1.165) is 30.7 Å². The van der Waals surface area contributed by atoms with E-state index in [1.807, 2.05) is 4.90 Å². The van der Waals surface area contributed by atoms with Crippen LogP contribution in [0.3, 0.4) is 0 Å². The zero-order chi connectivity index (χ0) is 13.1. The van der Waals surface area contributed by atoms with Gasteiger partial charge in [-0.15, -0.1) is 11.3 Å². The highest BCUT2D eigenvalue weighted by atomic mass is 79.9. The van der Waals surface area contributed by atoms with Gasteiger partial charge in [0.05, 0.1) is 6.54 Å². The normalized spacial score (nSPS) is 19.9. The van der Waals surface area contributed by atoms with Crippen molar-refractivity contribution < 1.29 is 9.90 Å². The molecule has 0 aromatic carbocycles. The van der Waals surface area contributed by atoms with Crippen LogP contribution in [0.1, 0.15) is 17.8 Å². The third-order valence-electron chi connectivity index (χ3n) is 3.31. The van der Waals surface area contributed by atoms with Gasteiger partial charge >= 0.3 is 5.97 Å². The van der Waals surface area contributed by atoms with Gasteiger partial charge in [-0.05, 0) is 28.9 Å². The Morgan fingerprint density at radius 3 is 2.67 bits per heavy atom. The van der Waals surface area contributed by atoms with Gasteiger partial charge in [0.25, 0.3) is 0 Å². The molecule has 1 aliphatic rings. The number of halogens is 1. The smallest absolute Gasteiger partial charge is 0.317 e. The Balaban J connectivity index is 1.87. The molecule has 0 radical (unpaired) electrons. The summed E-state index contributed by atoms with van der Waals surface area (Å²) < 4.78 is 1.14. The van der Waals surface area contributed by atoms with Crippen LogP contribution in [0.25, 0.3) is 0 Å². The lowest BCUT2D eigenvalue weighted by Gasteiger charge is -2.37. The maximum atomic E-state index is 10.6. The molecule has 1 unspecified atom stereocenters. The zero-order valence-electron chi connectivity index (χ0n) is 10.3. The minimum Gasteiger partial charge on any atom is -0.480 e. The number of aliphatic carboxylic acids is 1. The van der Waals surface area contributed by atoms with Crippen molar-refractivity contribution in [3.05, 3.63) is 20.8 Å². The fraction of sp³-hybridized carbons (Fsp3) is 0.583. The summed E-state index contributed by atoms with van der Waals surface area (Å²) in [5, 5.41) is 10.9. The number of thiophene rings is 1. The molecule has 1 fully saturated rings.